The van der Waals surface area contributed by atoms with Gasteiger partial charge in [0.2, 0.25) is 15.9 Å². The Balaban J connectivity index is 2.15. The van der Waals surface area contributed by atoms with E-state index in [0.29, 0.717) is 5.69 Å². The van der Waals surface area contributed by atoms with Crippen molar-refractivity contribution in [3.8, 4) is 0 Å². The molecule has 0 aromatic heterocycles. The number of nitrogens with zero attached hydrogens (tertiary/aromatic N) is 1. The van der Waals surface area contributed by atoms with Crippen LogP contribution in [0.25, 0.3) is 0 Å². The van der Waals surface area contributed by atoms with Crippen LogP contribution in [0.3, 0.4) is 0 Å². The molecular weight excluding hydrogens is 362 g/mol. The van der Waals surface area contributed by atoms with Gasteiger partial charge < -0.3 is 10.2 Å². The van der Waals surface area contributed by atoms with Crippen molar-refractivity contribution in [3.05, 3.63) is 54.6 Å². The standard InChI is InChI=1S/C20H27N3O3S/c1-15(19(24)23(5)17-11-7-6-8-12-17)21-16-10-9-13-18(14-16)27(25,26)22-20(2,3)4/h6-15,21-22H,1-5H3/t15-/m1/s1. The van der Waals surface area contributed by atoms with Crippen LogP contribution in [0.4, 0.5) is 11.4 Å². The molecule has 146 valence electrons. The van der Waals surface area contributed by atoms with Crippen molar-refractivity contribution in [3.63, 3.8) is 0 Å². The molecule has 1 amide bonds. The highest BCUT2D eigenvalue weighted by Gasteiger charge is 2.23. The minimum absolute atomic E-state index is 0.123. The fourth-order valence-corrected chi connectivity index (χ4v) is 4.06. The largest absolute Gasteiger partial charge is 0.374 e. The van der Waals surface area contributed by atoms with Gasteiger partial charge in [-0.25, -0.2) is 13.1 Å². The van der Waals surface area contributed by atoms with Gasteiger partial charge >= 0.3 is 0 Å². The van der Waals surface area contributed by atoms with E-state index in [1.165, 1.54) is 12.1 Å². The first-order chi connectivity index (χ1) is 12.5. The highest BCUT2D eigenvalue weighted by molar-refractivity contribution is 7.89. The van der Waals surface area contributed by atoms with Gasteiger partial charge in [0.1, 0.15) is 6.04 Å². The van der Waals surface area contributed by atoms with Crippen LogP contribution < -0.4 is 14.9 Å². The number of carbonyl (C=O) groups excluding carboxylic acids is 1. The van der Waals surface area contributed by atoms with Gasteiger partial charge in [-0.05, 0) is 58.0 Å². The number of anilines is 2. The zero-order valence-electron chi connectivity index (χ0n) is 16.4. The van der Waals surface area contributed by atoms with Gasteiger partial charge in [-0.15, -0.1) is 0 Å². The van der Waals surface area contributed by atoms with Gasteiger partial charge in [0.15, 0.2) is 0 Å². The van der Waals surface area contributed by atoms with Crippen LogP contribution in [0, 0.1) is 0 Å². The van der Waals surface area contributed by atoms with E-state index in [0.717, 1.165) is 5.69 Å². The molecule has 0 heterocycles. The van der Waals surface area contributed by atoms with Gasteiger partial charge in [0.05, 0.1) is 4.90 Å². The van der Waals surface area contributed by atoms with Crippen molar-refractivity contribution in [1.29, 1.82) is 0 Å². The number of carbonyl (C=O) groups is 1. The lowest BCUT2D eigenvalue weighted by atomic mass is 10.1. The molecule has 0 unspecified atom stereocenters. The number of hydrogen-bond acceptors (Lipinski definition) is 4. The molecule has 0 fully saturated rings. The van der Waals surface area contributed by atoms with Crippen LogP contribution in [-0.4, -0.2) is 33.0 Å². The summed E-state index contributed by atoms with van der Waals surface area (Å²) in [7, 11) is -1.93. The molecule has 27 heavy (non-hydrogen) atoms. The van der Waals surface area contributed by atoms with E-state index in [9.17, 15) is 13.2 Å². The number of likely N-dealkylation sites (N-methyl/N-ethyl adjacent to an activating group) is 1. The van der Waals surface area contributed by atoms with Crippen LogP contribution >= 0.6 is 0 Å². The summed E-state index contributed by atoms with van der Waals surface area (Å²) in [6.45, 7) is 7.10. The maximum absolute atomic E-state index is 12.7. The third-order valence-electron chi connectivity index (χ3n) is 3.81. The molecule has 0 spiro atoms. The van der Waals surface area contributed by atoms with E-state index in [2.05, 4.69) is 10.0 Å². The quantitative estimate of drug-likeness (QED) is 0.795. The van der Waals surface area contributed by atoms with Crippen LogP contribution in [0.1, 0.15) is 27.7 Å². The number of nitrogens with one attached hydrogen (secondary N) is 2. The molecule has 7 heteroatoms. The molecule has 2 rings (SSSR count). The minimum atomic E-state index is -3.64. The monoisotopic (exact) mass is 389 g/mol. The Kier molecular flexibility index (Phi) is 6.28. The molecule has 2 aromatic carbocycles. The highest BCUT2D eigenvalue weighted by atomic mass is 32.2. The fourth-order valence-electron chi connectivity index (χ4n) is 2.60. The average molecular weight is 390 g/mol. The molecule has 0 radical (unpaired) electrons. The number of rotatable bonds is 6. The number of benzene rings is 2. The molecule has 2 aromatic rings. The second kappa shape index (κ2) is 8.10. The molecule has 0 aliphatic carbocycles. The summed E-state index contributed by atoms with van der Waals surface area (Å²) in [5.74, 6) is -0.123. The zero-order valence-corrected chi connectivity index (χ0v) is 17.2. The van der Waals surface area contributed by atoms with Gasteiger partial charge in [0.25, 0.3) is 0 Å². The van der Waals surface area contributed by atoms with Crippen molar-refractivity contribution in [1.82, 2.24) is 4.72 Å². The van der Waals surface area contributed by atoms with E-state index in [-0.39, 0.29) is 10.8 Å². The molecule has 6 nitrogen and oxygen atoms in total. The zero-order chi connectivity index (χ0) is 20.2. The second-order valence-corrected chi connectivity index (χ2v) is 9.16. The molecule has 0 aliphatic rings. The van der Waals surface area contributed by atoms with Crippen LogP contribution in [0.2, 0.25) is 0 Å². The van der Waals surface area contributed by atoms with E-state index < -0.39 is 21.6 Å². The minimum Gasteiger partial charge on any atom is -0.374 e. The Morgan fingerprint density at radius 1 is 1.04 bits per heavy atom. The van der Waals surface area contributed by atoms with Crippen molar-refractivity contribution in [2.24, 2.45) is 0 Å². The molecule has 1 atom stereocenters. The lowest BCUT2D eigenvalue weighted by Crippen LogP contribution is -2.40. The summed E-state index contributed by atoms with van der Waals surface area (Å²) in [6.07, 6.45) is 0. The van der Waals surface area contributed by atoms with Gasteiger partial charge in [-0.2, -0.15) is 0 Å². The Bertz CT molecular complexity index is 890. The van der Waals surface area contributed by atoms with Crippen molar-refractivity contribution >= 4 is 27.3 Å². The number of para-hydroxylation sites is 1. The topological polar surface area (TPSA) is 78.5 Å². The average Bonchev–Trinajstić information content (AvgIpc) is 2.59. The Morgan fingerprint density at radius 2 is 1.67 bits per heavy atom. The molecule has 0 bridgehead atoms. The van der Waals surface area contributed by atoms with Gasteiger partial charge in [-0.1, -0.05) is 24.3 Å². The number of amides is 1. The second-order valence-electron chi connectivity index (χ2n) is 7.48. The summed E-state index contributed by atoms with van der Waals surface area (Å²) in [4.78, 5) is 14.4. The predicted octanol–water partition coefficient (Wildman–Crippen LogP) is 3.23. The summed E-state index contributed by atoms with van der Waals surface area (Å²) in [5, 5.41) is 3.08. The highest BCUT2D eigenvalue weighted by Crippen LogP contribution is 2.19. The van der Waals surface area contributed by atoms with Crippen molar-refractivity contribution in [2.75, 3.05) is 17.3 Å². The van der Waals surface area contributed by atoms with E-state index >= 15 is 0 Å². The summed E-state index contributed by atoms with van der Waals surface area (Å²) in [5.41, 5.74) is 0.778. The third kappa shape index (κ3) is 5.80. The Morgan fingerprint density at radius 3 is 2.26 bits per heavy atom. The van der Waals surface area contributed by atoms with Gasteiger partial charge in [-0.3, -0.25) is 4.79 Å². The molecule has 2 N–H and O–H groups in total. The maximum Gasteiger partial charge on any atom is 0.248 e. The first kappa shape index (κ1) is 20.9. The number of hydrogen-bond donors (Lipinski definition) is 2. The first-order valence-electron chi connectivity index (χ1n) is 8.73. The van der Waals surface area contributed by atoms with Crippen molar-refractivity contribution in [2.45, 2.75) is 44.2 Å². The van der Waals surface area contributed by atoms with Crippen molar-refractivity contribution < 1.29 is 13.2 Å². The molecule has 0 saturated heterocycles. The van der Waals surface area contributed by atoms with E-state index in [1.807, 2.05) is 30.3 Å². The van der Waals surface area contributed by atoms with E-state index in [4.69, 9.17) is 0 Å². The predicted molar refractivity (Wildman–Crippen MR) is 109 cm³/mol. The Labute approximate surface area is 161 Å². The third-order valence-corrected chi connectivity index (χ3v) is 5.57. The lowest BCUT2D eigenvalue weighted by molar-refractivity contribution is -0.118. The normalized spacial score (nSPS) is 13.1. The first-order valence-corrected chi connectivity index (χ1v) is 10.2. The fraction of sp³-hybridized carbons (Fsp3) is 0.350. The van der Waals surface area contributed by atoms with Crippen LogP contribution in [-0.2, 0) is 14.8 Å². The van der Waals surface area contributed by atoms with E-state index in [1.54, 1.807) is 51.8 Å². The van der Waals surface area contributed by atoms with Crippen LogP contribution in [0.5, 0.6) is 0 Å². The Hall–Kier alpha value is -2.38. The molecule has 0 saturated carbocycles. The smallest absolute Gasteiger partial charge is 0.248 e. The summed E-state index contributed by atoms with van der Waals surface area (Å²) < 4.78 is 27.6. The van der Waals surface area contributed by atoms with Crippen LogP contribution in [0.15, 0.2) is 59.5 Å². The summed E-state index contributed by atoms with van der Waals surface area (Å²) >= 11 is 0. The summed E-state index contributed by atoms with van der Waals surface area (Å²) in [6, 6.07) is 15.3. The SMILES string of the molecule is C[C@@H](Nc1cccc(S(=O)(=O)NC(C)(C)C)c1)C(=O)N(C)c1ccccc1. The maximum atomic E-state index is 12.7. The van der Waals surface area contributed by atoms with Gasteiger partial charge in [0, 0.05) is 24.0 Å². The lowest BCUT2D eigenvalue weighted by Gasteiger charge is -2.23. The molecule has 0 aliphatic heterocycles. The number of sulfonamides is 1. The molecular formula is C20H27N3O3S.